The zero-order valence-corrected chi connectivity index (χ0v) is 10.9. The highest BCUT2D eigenvalue weighted by Crippen LogP contribution is 2.24. The maximum absolute atomic E-state index is 13.2. The topological polar surface area (TPSA) is 33.0 Å². The van der Waals surface area contributed by atoms with Gasteiger partial charge < -0.3 is 4.74 Å². The number of nitriles is 1. The van der Waals surface area contributed by atoms with Gasteiger partial charge in [0.1, 0.15) is 18.2 Å². The first-order valence-corrected chi connectivity index (χ1v) is 6.05. The molecule has 0 saturated carbocycles. The van der Waals surface area contributed by atoms with E-state index in [1.165, 1.54) is 12.1 Å². The van der Waals surface area contributed by atoms with Crippen LogP contribution >= 0.6 is 15.9 Å². The molecule has 2 rings (SSSR count). The van der Waals surface area contributed by atoms with Crippen LogP contribution in [-0.2, 0) is 6.61 Å². The van der Waals surface area contributed by atoms with Crippen LogP contribution in [-0.4, -0.2) is 0 Å². The third-order valence-corrected chi connectivity index (χ3v) is 2.97. The predicted molar refractivity (Wildman–Crippen MR) is 69.6 cm³/mol. The van der Waals surface area contributed by atoms with Crippen molar-refractivity contribution in [2.24, 2.45) is 0 Å². The molecule has 0 heterocycles. The lowest BCUT2D eigenvalue weighted by Crippen LogP contribution is -1.97. The second kappa shape index (κ2) is 5.65. The largest absolute Gasteiger partial charge is 0.488 e. The summed E-state index contributed by atoms with van der Waals surface area (Å²) in [5, 5.41) is 8.75. The Morgan fingerprint density at radius 3 is 2.72 bits per heavy atom. The lowest BCUT2D eigenvalue weighted by atomic mass is 10.1. The molecule has 18 heavy (non-hydrogen) atoms. The monoisotopic (exact) mass is 305 g/mol. The van der Waals surface area contributed by atoms with Gasteiger partial charge in [0.15, 0.2) is 0 Å². The molecule has 0 spiro atoms. The Balaban J connectivity index is 2.14. The Kier molecular flexibility index (Phi) is 3.96. The van der Waals surface area contributed by atoms with Gasteiger partial charge in [-0.2, -0.15) is 5.26 Å². The second-order valence-electron chi connectivity index (χ2n) is 3.68. The van der Waals surface area contributed by atoms with E-state index >= 15 is 0 Å². The predicted octanol–water partition coefficient (Wildman–Crippen LogP) is 4.04. The van der Waals surface area contributed by atoms with E-state index in [4.69, 9.17) is 10.00 Å². The molecule has 0 N–H and O–H groups in total. The molecular formula is C14H9BrFNO. The Morgan fingerprint density at radius 1 is 1.22 bits per heavy atom. The Bertz CT molecular complexity index is 607. The molecule has 0 radical (unpaired) electrons. The standard InChI is InChI=1S/C14H9BrFNO/c15-13-3-1-2-4-14(13)18-9-11-5-10(8-17)6-12(16)7-11/h1-7H,9H2. The molecular weight excluding hydrogens is 297 g/mol. The summed E-state index contributed by atoms with van der Waals surface area (Å²) in [6.45, 7) is 0.217. The first kappa shape index (κ1) is 12.6. The quantitative estimate of drug-likeness (QED) is 0.857. The van der Waals surface area contributed by atoms with Crippen molar-refractivity contribution < 1.29 is 9.13 Å². The van der Waals surface area contributed by atoms with E-state index in [0.29, 0.717) is 16.9 Å². The molecule has 0 aliphatic rings. The fraction of sp³-hybridized carbons (Fsp3) is 0.0714. The molecule has 2 aromatic carbocycles. The number of hydrogen-bond donors (Lipinski definition) is 0. The molecule has 2 nitrogen and oxygen atoms in total. The number of halogens is 2. The van der Waals surface area contributed by atoms with Gasteiger partial charge in [0.05, 0.1) is 16.1 Å². The highest BCUT2D eigenvalue weighted by molar-refractivity contribution is 9.10. The van der Waals surface area contributed by atoms with Crippen LogP contribution in [0, 0.1) is 17.1 Å². The van der Waals surface area contributed by atoms with Gasteiger partial charge >= 0.3 is 0 Å². The van der Waals surface area contributed by atoms with E-state index in [-0.39, 0.29) is 6.61 Å². The van der Waals surface area contributed by atoms with Crippen LogP contribution in [0.15, 0.2) is 46.9 Å². The minimum Gasteiger partial charge on any atom is -0.488 e. The third-order valence-electron chi connectivity index (χ3n) is 2.32. The van der Waals surface area contributed by atoms with Crippen molar-refractivity contribution in [3.63, 3.8) is 0 Å². The van der Waals surface area contributed by atoms with Crippen LogP contribution in [0.2, 0.25) is 0 Å². The van der Waals surface area contributed by atoms with E-state index < -0.39 is 5.82 Å². The van der Waals surface area contributed by atoms with Gasteiger partial charge in [0.25, 0.3) is 0 Å². The van der Waals surface area contributed by atoms with E-state index in [1.54, 1.807) is 6.07 Å². The average molecular weight is 306 g/mol. The van der Waals surface area contributed by atoms with E-state index in [2.05, 4.69) is 15.9 Å². The lowest BCUT2D eigenvalue weighted by molar-refractivity contribution is 0.303. The SMILES string of the molecule is N#Cc1cc(F)cc(COc2ccccc2Br)c1. The summed E-state index contributed by atoms with van der Waals surface area (Å²) < 4.78 is 19.6. The lowest BCUT2D eigenvalue weighted by Gasteiger charge is -2.08. The second-order valence-corrected chi connectivity index (χ2v) is 4.53. The highest BCUT2D eigenvalue weighted by Gasteiger charge is 2.03. The Labute approximate surface area is 113 Å². The Morgan fingerprint density at radius 2 is 2.00 bits per heavy atom. The van der Waals surface area contributed by atoms with Crippen molar-refractivity contribution >= 4 is 15.9 Å². The first-order valence-electron chi connectivity index (χ1n) is 5.26. The summed E-state index contributed by atoms with van der Waals surface area (Å²) in [4.78, 5) is 0. The summed E-state index contributed by atoms with van der Waals surface area (Å²) in [5.41, 5.74) is 0.919. The molecule has 0 fully saturated rings. The molecule has 2 aromatic rings. The molecule has 90 valence electrons. The molecule has 0 unspecified atom stereocenters. The third kappa shape index (κ3) is 3.08. The van der Waals surface area contributed by atoms with Gasteiger partial charge in [0, 0.05) is 0 Å². The van der Waals surface area contributed by atoms with Crippen LogP contribution in [0.3, 0.4) is 0 Å². The number of rotatable bonds is 3. The summed E-state index contributed by atoms with van der Waals surface area (Å²) in [6.07, 6.45) is 0. The number of ether oxygens (including phenoxy) is 1. The fourth-order valence-electron chi connectivity index (χ4n) is 1.52. The zero-order chi connectivity index (χ0) is 13.0. The van der Waals surface area contributed by atoms with Crippen LogP contribution in [0.25, 0.3) is 0 Å². The molecule has 0 amide bonds. The molecule has 0 aliphatic carbocycles. The van der Waals surface area contributed by atoms with Crippen molar-refractivity contribution in [2.75, 3.05) is 0 Å². The summed E-state index contributed by atoms with van der Waals surface area (Å²) >= 11 is 3.36. The maximum atomic E-state index is 13.2. The molecule has 4 heteroatoms. The van der Waals surface area contributed by atoms with Crippen LogP contribution in [0.5, 0.6) is 5.75 Å². The zero-order valence-electron chi connectivity index (χ0n) is 9.36. The minimum absolute atomic E-state index is 0.217. The van der Waals surface area contributed by atoms with Crippen LogP contribution in [0.1, 0.15) is 11.1 Å². The van der Waals surface area contributed by atoms with E-state index in [9.17, 15) is 4.39 Å². The number of para-hydroxylation sites is 1. The summed E-state index contributed by atoms with van der Waals surface area (Å²) in [6, 6.07) is 13.5. The number of benzene rings is 2. The fourth-order valence-corrected chi connectivity index (χ4v) is 1.92. The van der Waals surface area contributed by atoms with Gasteiger partial charge in [-0.1, -0.05) is 12.1 Å². The van der Waals surface area contributed by atoms with Crippen molar-refractivity contribution in [1.29, 1.82) is 5.26 Å². The molecule has 0 atom stereocenters. The van der Waals surface area contributed by atoms with Crippen molar-refractivity contribution in [3.05, 3.63) is 63.9 Å². The van der Waals surface area contributed by atoms with Crippen LogP contribution < -0.4 is 4.74 Å². The summed E-state index contributed by atoms with van der Waals surface area (Å²) in [7, 11) is 0. The van der Waals surface area contributed by atoms with E-state index in [0.717, 1.165) is 4.47 Å². The molecule has 0 aliphatic heterocycles. The van der Waals surface area contributed by atoms with Gasteiger partial charge in [0.2, 0.25) is 0 Å². The van der Waals surface area contributed by atoms with Crippen LogP contribution in [0.4, 0.5) is 4.39 Å². The van der Waals surface area contributed by atoms with Crippen molar-refractivity contribution in [3.8, 4) is 11.8 Å². The maximum Gasteiger partial charge on any atom is 0.133 e. The van der Waals surface area contributed by atoms with Gasteiger partial charge in [-0.25, -0.2) is 4.39 Å². The molecule has 0 bridgehead atoms. The van der Waals surface area contributed by atoms with E-state index in [1.807, 2.05) is 30.3 Å². The van der Waals surface area contributed by atoms with Crippen molar-refractivity contribution in [2.45, 2.75) is 6.61 Å². The van der Waals surface area contributed by atoms with Gasteiger partial charge in [-0.3, -0.25) is 0 Å². The number of nitrogens with zero attached hydrogens (tertiary/aromatic N) is 1. The molecule has 0 saturated heterocycles. The smallest absolute Gasteiger partial charge is 0.133 e. The normalized spacial score (nSPS) is 9.83. The van der Waals surface area contributed by atoms with Gasteiger partial charge in [-0.15, -0.1) is 0 Å². The summed E-state index contributed by atoms with van der Waals surface area (Å²) in [5.74, 6) is 0.250. The average Bonchev–Trinajstić information content (AvgIpc) is 2.37. The highest BCUT2D eigenvalue weighted by atomic mass is 79.9. The van der Waals surface area contributed by atoms with Gasteiger partial charge in [-0.05, 0) is 51.8 Å². The first-order chi connectivity index (χ1) is 8.69. The number of hydrogen-bond acceptors (Lipinski definition) is 2. The molecule has 0 aromatic heterocycles. The minimum atomic E-state index is -0.431. The van der Waals surface area contributed by atoms with Crippen molar-refractivity contribution in [1.82, 2.24) is 0 Å². The Hall–Kier alpha value is -1.86.